The van der Waals surface area contributed by atoms with E-state index in [0.29, 0.717) is 28.1 Å². The molecule has 0 fully saturated rings. The van der Waals surface area contributed by atoms with Gasteiger partial charge in [0, 0.05) is 17.5 Å². The van der Waals surface area contributed by atoms with Crippen molar-refractivity contribution in [2.24, 2.45) is 0 Å². The van der Waals surface area contributed by atoms with Crippen LogP contribution in [0.2, 0.25) is 5.02 Å². The monoisotopic (exact) mass is 338 g/mol. The van der Waals surface area contributed by atoms with E-state index in [-0.39, 0.29) is 5.76 Å². The maximum atomic E-state index is 12.0. The smallest absolute Gasteiger partial charge is 0.375 e. The minimum absolute atomic E-state index is 0.0288. The molecule has 0 saturated carbocycles. The van der Waals surface area contributed by atoms with E-state index in [1.165, 1.54) is 0 Å². The second kappa shape index (κ2) is 7.15. The molecule has 0 atom stereocenters. The van der Waals surface area contributed by atoms with Crippen molar-refractivity contribution in [1.29, 1.82) is 0 Å². The van der Waals surface area contributed by atoms with Crippen LogP contribution in [0, 0.1) is 6.92 Å². The van der Waals surface area contributed by atoms with Crippen molar-refractivity contribution < 1.29 is 23.5 Å². The number of fused-ring (bicyclic) bond motifs is 1. The normalized spacial score (nSPS) is 10.4. The zero-order valence-electron chi connectivity index (χ0n) is 12.6. The highest BCUT2D eigenvalue weighted by Crippen LogP contribution is 2.30. The van der Waals surface area contributed by atoms with E-state index in [0.717, 1.165) is 0 Å². The maximum absolute atomic E-state index is 12.0. The van der Waals surface area contributed by atoms with Crippen LogP contribution in [0.5, 0.6) is 0 Å². The molecule has 2 N–H and O–H groups in total. The predicted octanol–water partition coefficient (Wildman–Crippen LogP) is 2.40. The first-order chi connectivity index (χ1) is 10.9. The molecule has 8 heteroatoms. The number of benzene rings is 1. The third-order valence-electron chi connectivity index (χ3n) is 3.03. The van der Waals surface area contributed by atoms with Gasteiger partial charge in [-0.15, -0.1) is 0 Å². The van der Waals surface area contributed by atoms with E-state index < -0.39 is 24.5 Å². The number of amides is 3. The number of ether oxygens (including phenoxy) is 1. The zero-order valence-corrected chi connectivity index (χ0v) is 13.3. The van der Waals surface area contributed by atoms with Crippen molar-refractivity contribution in [1.82, 2.24) is 10.6 Å². The van der Waals surface area contributed by atoms with Crippen LogP contribution in [0.1, 0.15) is 23.0 Å². The maximum Gasteiger partial charge on any atom is 0.375 e. The molecule has 1 aromatic carbocycles. The summed E-state index contributed by atoms with van der Waals surface area (Å²) in [5.41, 5.74) is 0.946. The average Bonchev–Trinajstić information content (AvgIpc) is 2.84. The average molecular weight is 339 g/mol. The number of halogens is 1. The summed E-state index contributed by atoms with van der Waals surface area (Å²) < 4.78 is 10.3. The molecule has 0 radical (unpaired) electrons. The Kier molecular flexibility index (Phi) is 5.23. The standard InChI is InChI=1S/C15H15ClN2O5/c1-3-17-15(21)18-11(19)7-22-14(20)12-8(2)9-5-4-6-10(16)13(9)23-12/h4-6H,3,7H2,1-2H3,(H2,17,18,19,21). The first kappa shape index (κ1) is 16.8. The van der Waals surface area contributed by atoms with Gasteiger partial charge < -0.3 is 14.5 Å². The molecule has 0 saturated heterocycles. The number of hydrogen-bond acceptors (Lipinski definition) is 5. The molecular weight excluding hydrogens is 324 g/mol. The van der Waals surface area contributed by atoms with E-state index >= 15 is 0 Å². The third kappa shape index (κ3) is 3.81. The fraction of sp³-hybridized carbons (Fsp3) is 0.267. The predicted molar refractivity (Wildman–Crippen MR) is 83.5 cm³/mol. The van der Waals surface area contributed by atoms with Crippen LogP contribution in [0.4, 0.5) is 4.79 Å². The lowest BCUT2D eigenvalue weighted by atomic mass is 10.1. The van der Waals surface area contributed by atoms with E-state index in [9.17, 15) is 14.4 Å². The lowest BCUT2D eigenvalue weighted by Crippen LogP contribution is -2.41. The number of para-hydroxylation sites is 1. The van der Waals surface area contributed by atoms with Crippen LogP contribution < -0.4 is 10.6 Å². The lowest BCUT2D eigenvalue weighted by Gasteiger charge is -2.05. The molecule has 2 aromatic rings. The molecule has 0 bridgehead atoms. The van der Waals surface area contributed by atoms with Gasteiger partial charge in [0.05, 0.1) is 5.02 Å². The van der Waals surface area contributed by atoms with Gasteiger partial charge in [-0.2, -0.15) is 0 Å². The lowest BCUT2D eigenvalue weighted by molar-refractivity contribution is -0.123. The number of furan rings is 1. The molecule has 0 aliphatic rings. The van der Waals surface area contributed by atoms with Crippen LogP contribution in [-0.4, -0.2) is 31.1 Å². The Morgan fingerprint density at radius 2 is 2.04 bits per heavy atom. The SMILES string of the molecule is CCNC(=O)NC(=O)COC(=O)c1oc2c(Cl)cccc2c1C. The Morgan fingerprint density at radius 3 is 2.70 bits per heavy atom. The van der Waals surface area contributed by atoms with E-state index in [1.54, 1.807) is 32.0 Å². The van der Waals surface area contributed by atoms with Gasteiger partial charge in [-0.25, -0.2) is 9.59 Å². The highest BCUT2D eigenvalue weighted by Gasteiger charge is 2.21. The number of hydrogen-bond donors (Lipinski definition) is 2. The Balaban J connectivity index is 2.04. The number of aryl methyl sites for hydroxylation is 1. The molecule has 1 heterocycles. The fourth-order valence-corrected chi connectivity index (χ4v) is 2.18. The Hall–Kier alpha value is -2.54. The molecule has 2 rings (SSSR count). The first-order valence-corrected chi connectivity index (χ1v) is 7.24. The van der Waals surface area contributed by atoms with Gasteiger partial charge in [-0.05, 0) is 19.9 Å². The molecule has 23 heavy (non-hydrogen) atoms. The number of carbonyl (C=O) groups is 3. The van der Waals surface area contributed by atoms with Gasteiger partial charge in [0.1, 0.15) is 0 Å². The van der Waals surface area contributed by atoms with E-state index in [4.69, 9.17) is 20.8 Å². The van der Waals surface area contributed by atoms with Gasteiger partial charge >= 0.3 is 12.0 Å². The highest BCUT2D eigenvalue weighted by molar-refractivity contribution is 6.35. The summed E-state index contributed by atoms with van der Waals surface area (Å²) >= 11 is 6.01. The van der Waals surface area contributed by atoms with E-state index in [2.05, 4.69) is 5.32 Å². The number of esters is 1. The molecule has 0 aliphatic heterocycles. The molecule has 0 unspecified atom stereocenters. The van der Waals surface area contributed by atoms with Crippen molar-refractivity contribution in [2.45, 2.75) is 13.8 Å². The second-order valence-electron chi connectivity index (χ2n) is 4.66. The molecule has 0 aliphatic carbocycles. The van der Waals surface area contributed by atoms with Crippen molar-refractivity contribution in [3.8, 4) is 0 Å². The number of imide groups is 1. The summed E-state index contributed by atoms with van der Waals surface area (Å²) in [5.74, 6) is -1.57. The van der Waals surface area contributed by atoms with Crippen molar-refractivity contribution >= 4 is 40.5 Å². The van der Waals surface area contributed by atoms with Crippen LogP contribution in [0.15, 0.2) is 22.6 Å². The number of nitrogens with one attached hydrogen (secondary N) is 2. The summed E-state index contributed by atoms with van der Waals surface area (Å²) in [6.45, 7) is 3.17. The molecule has 7 nitrogen and oxygen atoms in total. The molecule has 1 aromatic heterocycles. The minimum atomic E-state index is -0.805. The second-order valence-corrected chi connectivity index (χ2v) is 5.06. The highest BCUT2D eigenvalue weighted by atomic mass is 35.5. The topological polar surface area (TPSA) is 97.6 Å². The van der Waals surface area contributed by atoms with Crippen LogP contribution in [0.25, 0.3) is 11.0 Å². The largest absolute Gasteiger partial charge is 0.450 e. The Morgan fingerprint density at radius 1 is 1.30 bits per heavy atom. The molecule has 3 amide bonds. The van der Waals surface area contributed by atoms with Crippen molar-refractivity contribution in [2.75, 3.05) is 13.2 Å². The van der Waals surface area contributed by atoms with Gasteiger partial charge in [-0.1, -0.05) is 23.7 Å². The first-order valence-electron chi connectivity index (χ1n) is 6.86. The van der Waals surface area contributed by atoms with Crippen LogP contribution >= 0.6 is 11.6 Å². The van der Waals surface area contributed by atoms with Gasteiger partial charge in [0.25, 0.3) is 5.91 Å². The Bertz CT molecular complexity index is 769. The number of urea groups is 1. The van der Waals surface area contributed by atoms with Crippen LogP contribution in [-0.2, 0) is 9.53 Å². The van der Waals surface area contributed by atoms with Gasteiger partial charge in [-0.3, -0.25) is 10.1 Å². The number of rotatable bonds is 4. The quantitative estimate of drug-likeness (QED) is 0.834. The summed E-state index contributed by atoms with van der Waals surface area (Å²) in [6.07, 6.45) is 0. The summed E-state index contributed by atoms with van der Waals surface area (Å²) in [7, 11) is 0. The minimum Gasteiger partial charge on any atom is -0.450 e. The van der Waals surface area contributed by atoms with Crippen molar-refractivity contribution in [3.05, 3.63) is 34.5 Å². The summed E-state index contributed by atoms with van der Waals surface area (Å²) in [6, 6.07) is 4.49. The molecule has 0 spiro atoms. The summed E-state index contributed by atoms with van der Waals surface area (Å²) in [4.78, 5) is 34.7. The zero-order chi connectivity index (χ0) is 17.0. The molecule has 122 valence electrons. The van der Waals surface area contributed by atoms with Crippen LogP contribution in [0.3, 0.4) is 0 Å². The van der Waals surface area contributed by atoms with Gasteiger partial charge in [0.2, 0.25) is 5.76 Å². The molecular formula is C15H15ClN2O5. The number of carbonyl (C=O) groups excluding carboxylic acids is 3. The van der Waals surface area contributed by atoms with Crippen molar-refractivity contribution in [3.63, 3.8) is 0 Å². The summed E-state index contributed by atoms with van der Waals surface area (Å²) in [5, 5.41) is 5.47. The third-order valence-corrected chi connectivity index (χ3v) is 3.32. The van der Waals surface area contributed by atoms with Gasteiger partial charge in [0.15, 0.2) is 12.2 Å². The Labute approximate surface area is 136 Å². The fourth-order valence-electron chi connectivity index (χ4n) is 1.97. The van der Waals surface area contributed by atoms with E-state index in [1.807, 2.05) is 5.32 Å².